The summed E-state index contributed by atoms with van der Waals surface area (Å²) < 4.78 is 0. The molecule has 0 aromatic heterocycles. The van der Waals surface area contributed by atoms with E-state index in [0.29, 0.717) is 12.0 Å². The van der Waals surface area contributed by atoms with Gasteiger partial charge in [-0.25, -0.2) is 0 Å². The highest BCUT2D eigenvalue weighted by Crippen LogP contribution is 2.52. The lowest BCUT2D eigenvalue weighted by Gasteiger charge is -2.35. The molecule has 1 aromatic rings. The fraction of sp³-hybridized carbons (Fsp3) is 0.600. The third-order valence-electron chi connectivity index (χ3n) is 4.88. The Balaban J connectivity index is 2.19. The first-order chi connectivity index (χ1) is 8.33. The molecule has 2 heteroatoms. The summed E-state index contributed by atoms with van der Waals surface area (Å²) in [5, 5.41) is 13.5. The van der Waals surface area contributed by atoms with Gasteiger partial charge in [-0.1, -0.05) is 37.1 Å². The maximum atomic E-state index is 10.0. The van der Waals surface area contributed by atoms with Crippen molar-refractivity contribution in [3.05, 3.63) is 35.4 Å². The minimum Gasteiger partial charge on any atom is -0.395 e. The zero-order valence-electron chi connectivity index (χ0n) is 10.4. The van der Waals surface area contributed by atoms with Crippen molar-refractivity contribution < 1.29 is 5.11 Å². The number of aliphatic hydroxyl groups is 1. The Kier molecular flexibility index (Phi) is 2.72. The number of fused-ring (bicyclic) bond motifs is 5. The number of likely N-dealkylation sites (N-methyl/N-ethyl adjacent to an activating group) is 1. The number of nitrogens with one attached hydrogen (secondary N) is 1. The van der Waals surface area contributed by atoms with Gasteiger partial charge in [0, 0.05) is 17.4 Å². The predicted molar refractivity (Wildman–Crippen MR) is 69.3 cm³/mol. The normalized spacial score (nSPS) is 35.4. The number of hydrogen-bond donors (Lipinski definition) is 2. The topological polar surface area (TPSA) is 32.3 Å². The van der Waals surface area contributed by atoms with Gasteiger partial charge in [0.15, 0.2) is 0 Å². The van der Waals surface area contributed by atoms with Crippen LogP contribution in [0.15, 0.2) is 24.3 Å². The van der Waals surface area contributed by atoms with Gasteiger partial charge in [-0.05, 0) is 31.0 Å². The summed E-state index contributed by atoms with van der Waals surface area (Å²) in [6, 6.07) is 9.13. The summed E-state index contributed by atoms with van der Waals surface area (Å²) in [7, 11) is 2.04. The molecule has 0 amide bonds. The van der Waals surface area contributed by atoms with Gasteiger partial charge in [0.05, 0.1) is 6.61 Å². The highest BCUT2D eigenvalue weighted by molar-refractivity contribution is 5.46. The zero-order chi connectivity index (χ0) is 11.9. The smallest absolute Gasteiger partial charge is 0.0543 e. The molecule has 1 fully saturated rings. The summed E-state index contributed by atoms with van der Waals surface area (Å²) in [5.41, 5.74) is 2.83. The lowest BCUT2D eigenvalue weighted by atomic mass is 9.75. The van der Waals surface area contributed by atoms with Crippen LogP contribution in [0.2, 0.25) is 0 Å². The minimum absolute atomic E-state index is 0.0352. The second-order valence-electron chi connectivity index (χ2n) is 5.52. The highest BCUT2D eigenvalue weighted by atomic mass is 16.3. The third kappa shape index (κ3) is 1.40. The number of benzene rings is 1. The van der Waals surface area contributed by atoms with E-state index in [2.05, 4.69) is 29.6 Å². The largest absolute Gasteiger partial charge is 0.395 e. The minimum atomic E-state index is -0.0352. The van der Waals surface area contributed by atoms with Crippen molar-refractivity contribution in [2.75, 3.05) is 13.7 Å². The SMILES string of the molecule is CNC1C2CCCCC1(CO)c1ccccc12. The van der Waals surface area contributed by atoms with Crippen LogP contribution in [0.3, 0.4) is 0 Å². The maximum Gasteiger partial charge on any atom is 0.0543 e. The van der Waals surface area contributed by atoms with E-state index >= 15 is 0 Å². The molecular formula is C15H21NO. The van der Waals surface area contributed by atoms with Crippen LogP contribution in [-0.4, -0.2) is 24.8 Å². The molecule has 0 aliphatic heterocycles. The molecule has 2 aliphatic carbocycles. The Morgan fingerprint density at radius 2 is 2.18 bits per heavy atom. The van der Waals surface area contributed by atoms with Gasteiger partial charge in [-0.2, -0.15) is 0 Å². The quantitative estimate of drug-likeness (QED) is 0.817. The number of hydrogen-bond acceptors (Lipinski definition) is 2. The first-order valence-corrected chi connectivity index (χ1v) is 6.71. The van der Waals surface area contributed by atoms with Crippen LogP contribution < -0.4 is 5.32 Å². The van der Waals surface area contributed by atoms with Crippen molar-refractivity contribution in [3.63, 3.8) is 0 Å². The molecule has 2 aliphatic rings. The van der Waals surface area contributed by atoms with Crippen molar-refractivity contribution in [2.24, 2.45) is 0 Å². The molecule has 3 unspecified atom stereocenters. The van der Waals surface area contributed by atoms with Crippen molar-refractivity contribution >= 4 is 0 Å². The standard InChI is InChI=1S/C15H21NO/c1-16-14-12-7-4-5-9-15(14,10-17)13-8-3-2-6-11(12)13/h2-3,6,8,12,14,16-17H,4-5,7,9-10H2,1H3. The Morgan fingerprint density at radius 3 is 2.94 bits per heavy atom. The third-order valence-corrected chi connectivity index (χ3v) is 4.88. The van der Waals surface area contributed by atoms with Crippen molar-refractivity contribution in [1.29, 1.82) is 0 Å². The van der Waals surface area contributed by atoms with Crippen LogP contribution in [0.5, 0.6) is 0 Å². The molecular weight excluding hydrogens is 210 g/mol. The fourth-order valence-corrected chi connectivity index (χ4v) is 4.16. The molecule has 17 heavy (non-hydrogen) atoms. The summed E-state index contributed by atoms with van der Waals surface area (Å²) in [4.78, 5) is 0. The van der Waals surface area contributed by atoms with Gasteiger partial charge < -0.3 is 10.4 Å². The molecule has 92 valence electrons. The van der Waals surface area contributed by atoms with Crippen LogP contribution in [0.25, 0.3) is 0 Å². The predicted octanol–water partition coefficient (Wildman–Crippen LogP) is 2.18. The number of rotatable bonds is 2. The number of aliphatic hydroxyl groups excluding tert-OH is 1. The lowest BCUT2D eigenvalue weighted by molar-refractivity contribution is 0.153. The summed E-state index contributed by atoms with van der Waals surface area (Å²) in [6.07, 6.45) is 4.90. The second kappa shape index (κ2) is 4.11. The van der Waals surface area contributed by atoms with Gasteiger partial charge in [-0.3, -0.25) is 0 Å². The summed E-state index contributed by atoms with van der Waals surface area (Å²) in [6.45, 7) is 0.270. The van der Waals surface area contributed by atoms with Gasteiger partial charge in [0.2, 0.25) is 0 Å². The molecule has 0 saturated heterocycles. The van der Waals surface area contributed by atoms with E-state index in [1.807, 2.05) is 7.05 Å². The Hall–Kier alpha value is -0.860. The van der Waals surface area contributed by atoms with Crippen molar-refractivity contribution in [3.8, 4) is 0 Å². The summed E-state index contributed by atoms with van der Waals surface area (Å²) in [5.74, 6) is 0.589. The average Bonchev–Trinajstić information content (AvgIpc) is 2.51. The molecule has 1 saturated carbocycles. The van der Waals surface area contributed by atoms with E-state index in [1.54, 1.807) is 0 Å². The zero-order valence-corrected chi connectivity index (χ0v) is 10.4. The van der Waals surface area contributed by atoms with Gasteiger partial charge >= 0.3 is 0 Å². The molecule has 3 atom stereocenters. The van der Waals surface area contributed by atoms with Crippen LogP contribution in [0, 0.1) is 0 Å². The first-order valence-electron chi connectivity index (χ1n) is 6.71. The van der Waals surface area contributed by atoms with Crippen LogP contribution >= 0.6 is 0 Å². The highest BCUT2D eigenvalue weighted by Gasteiger charge is 2.51. The average molecular weight is 231 g/mol. The fourth-order valence-electron chi connectivity index (χ4n) is 4.16. The van der Waals surface area contributed by atoms with Gasteiger partial charge in [0.25, 0.3) is 0 Å². The molecule has 2 N–H and O–H groups in total. The molecule has 1 aromatic carbocycles. The van der Waals surface area contributed by atoms with E-state index in [1.165, 1.54) is 30.4 Å². The van der Waals surface area contributed by atoms with E-state index in [4.69, 9.17) is 0 Å². The van der Waals surface area contributed by atoms with E-state index < -0.39 is 0 Å². The molecule has 0 spiro atoms. The van der Waals surface area contributed by atoms with Crippen LogP contribution in [0.4, 0.5) is 0 Å². The molecule has 2 bridgehead atoms. The van der Waals surface area contributed by atoms with E-state index in [9.17, 15) is 5.11 Å². The molecule has 2 nitrogen and oxygen atoms in total. The van der Waals surface area contributed by atoms with Crippen LogP contribution in [-0.2, 0) is 5.41 Å². The Labute approximate surface area is 103 Å². The molecule has 0 heterocycles. The van der Waals surface area contributed by atoms with Crippen molar-refractivity contribution in [2.45, 2.75) is 43.1 Å². The Bertz CT molecular complexity index is 417. The monoisotopic (exact) mass is 231 g/mol. The molecule has 3 rings (SSSR count). The van der Waals surface area contributed by atoms with Gasteiger partial charge in [0.1, 0.15) is 0 Å². The molecule has 0 radical (unpaired) electrons. The van der Waals surface area contributed by atoms with Crippen LogP contribution in [0.1, 0.15) is 42.7 Å². The summed E-state index contributed by atoms with van der Waals surface area (Å²) >= 11 is 0. The lowest BCUT2D eigenvalue weighted by Crippen LogP contribution is -2.47. The first kappa shape index (κ1) is 11.2. The van der Waals surface area contributed by atoms with Crippen molar-refractivity contribution in [1.82, 2.24) is 5.32 Å². The van der Waals surface area contributed by atoms with E-state index in [-0.39, 0.29) is 12.0 Å². The Morgan fingerprint density at radius 1 is 1.35 bits per heavy atom. The maximum absolute atomic E-state index is 10.0. The second-order valence-corrected chi connectivity index (χ2v) is 5.52. The van der Waals surface area contributed by atoms with E-state index in [0.717, 1.165) is 6.42 Å². The van der Waals surface area contributed by atoms with Gasteiger partial charge in [-0.15, -0.1) is 0 Å².